The van der Waals surface area contributed by atoms with Crippen LogP contribution in [0.15, 0.2) is 47.1 Å². The van der Waals surface area contributed by atoms with E-state index in [9.17, 15) is 0 Å². The van der Waals surface area contributed by atoms with Crippen molar-refractivity contribution >= 4 is 27.3 Å². The number of aromatic nitrogens is 2. The molecule has 2 heterocycles. The number of nitrogens with two attached hydrogens (primary N) is 1. The Morgan fingerprint density at radius 3 is 2.58 bits per heavy atom. The van der Waals surface area contributed by atoms with Crippen LogP contribution in [0.5, 0.6) is 5.75 Å². The maximum Gasteiger partial charge on any atom is 0.147 e. The second-order valence-electron chi connectivity index (χ2n) is 4.13. The van der Waals surface area contributed by atoms with Gasteiger partial charge in [0.25, 0.3) is 0 Å². The summed E-state index contributed by atoms with van der Waals surface area (Å²) >= 11 is 3.47. The molecule has 0 aliphatic heterocycles. The van der Waals surface area contributed by atoms with E-state index in [4.69, 9.17) is 10.5 Å². The first-order valence-corrected chi connectivity index (χ1v) is 6.57. The first kappa shape index (κ1) is 12.0. The fourth-order valence-corrected chi connectivity index (χ4v) is 2.53. The van der Waals surface area contributed by atoms with Gasteiger partial charge < -0.3 is 10.5 Å². The first-order chi connectivity index (χ1) is 9.20. The molecule has 3 rings (SSSR count). The lowest BCUT2D eigenvalue weighted by Crippen LogP contribution is -1.98. The summed E-state index contributed by atoms with van der Waals surface area (Å²) in [5.41, 5.74) is 7.98. The molecular formula is C14H12BrN3O. The van der Waals surface area contributed by atoms with E-state index in [1.54, 1.807) is 7.11 Å². The van der Waals surface area contributed by atoms with Crippen molar-refractivity contribution in [2.24, 2.45) is 0 Å². The second kappa shape index (κ2) is 4.59. The van der Waals surface area contributed by atoms with Crippen LogP contribution in [-0.4, -0.2) is 16.5 Å². The molecule has 0 amide bonds. The fraction of sp³-hybridized carbons (Fsp3) is 0.0714. The minimum Gasteiger partial charge on any atom is -0.497 e. The summed E-state index contributed by atoms with van der Waals surface area (Å²) in [4.78, 5) is 4.54. The standard InChI is InChI=1S/C14H12BrN3O/c1-19-10-7-5-9(6-8-10)14-17-13(15)11-3-2-4-12(16)18(11)14/h2-8H,16H2,1H3. The molecule has 4 nitrogen and oxygen atoms in total. The van der Waals surface area contributed by atoms with Crippen molar-refractivity contribution in [3.63, 3.8) is 0 Å². The van der Waals surface area contributed by atoms with Gasteiger partial charge in [-0.3, -0.25) is 4.40 Å². The summed E-state index contributed by atoms with van der Waals surface area (Å²) in [5.74, 6) is 2.28. The van der Waals surface area contributed by atoms with Crippen molar-refractivity contribution in [1.82, 2.24) is 9.38 Å². The molecule has 0 aliphatic carbocycles. The van der Waals surface area contributed by atoms with Gasteiger partial charge in [-0.1, -0.05) is 6.07 Å². The van der Waals surface area contributed by atoms with Crippen LogP contribution in [0.25, 0.3) is 16.9 Å². The van der Waals surface area contributed by atoms with Gasteiger partial charge in [0.2, 0.25) is 0 Å². The lowest BCUT2D eigenvalue weighted by Gasteiger charge is -2.05. The Balaban J connectivity index is 2.24. The maximum absolute atomic E-state index is 6.04. The average molecular weight is 318 g/mol. The number of fused-ring (bicyclic) bond motifs is 1. The van der Waals surface area contributed by atoms with Gasteiger partial charge in [0.15, 0.2) is 0 Å². The molecule has 0 fully saturated rings. The van der Waals surface area contributed by atoms with Gasteiger partial charge in [-0.2, -0.15) is 0 Å². The van der Waals surface area contributed by atoms with Crippen LogP contribution in [-0.2, 0) is 0 Å². The van der Waals surface area contributed by atoms with Crippen molar-refractivity contribution in [3.05, 3.63) is 47.1 Å². The van der Waals surface area contributed by atoms with Crippen LogP contribution in [0.4, 0.5) is 5.82 Å². The van der Waals surface area contributed by atoms with Gasteiger partial charge >= 0.3 is 0 Å². The Kier molecular flexibility index (Phi) is 2.91. The van der Waals surface area contributed by atoms with Gasteiger partial charge in [-0.05, 0) is 52.3 Å². The van der Waals surface area contributed by atoms with Crippen LogP contribution in [0, 0.1) is 0 Å². The van der Waals surface area contributed by atoms with Crippen LogP contribution in [0.3, 0.4) is 0 Å². The lowest BCUT2D eigenvalue weighted by atomic mass is 10.2. The number of benzene rings is 1. The number of anilines is 1. The number of hydrogen-bond donors (Lipinski definition) is 1. The predicted molar refractivity (Wildman–Crippen MR) is 79.3 cm³/mol. The molecule has 1 aromatic carbocycles. The fourth-order valence-electron chi connectivity index (χ4n) is 2.06. The third-order valence-electron chi connectivity index (χ3n) is 3.00. The summed E-state index contributed by atoms with van der Waals surface area (Å²) in [6.45, 7) is 0. The van der Waals surface area contributed by atoms with Crippen molar-refractivity contribution in [1.29, 1.82) is 0 Å². The molecule has 0 saturated heterocycles. The third-order valence-corrected chi connectivity index (χ3v) is 3.58. The molecule has 0 saturated carbocycles. The molecule has 0 spiro atoms. The zero-order chi connectivity index (χ0) is 13.4. The van der Waals surface area contributed by atoms with Crippen LogP contribution >= 0.6 is 15.9 Å². The lowest BCUT2D eigenvalue weighted by molar-refractivity contribution is 0.415. The molecule has 0 aliphatic rings. The van der Waals surface area contributed by atoms with Crippen molar-refractivity contribution in [2.75, 3.05) is 12.8 Å². The van der Waals surface area contributed by atoms with E-state index < -0.39 is 0 Å². The minimum atomic E-state index is 0.654. The molecule has 19 heavy (non-hydrogen) atoms. The number of rotatable bonds is 2. The number of halogens is 1. The number of pyridine rings is 1. The average Bonchev–Trinajstić information content (AvgIpc) is 2.78. The van der Waals surface area contributed by atoms with Gasteiger partial charge in [-0.15, -0.1) is 0 Å². The number of nitrogens with zero attached hydrogens (tertiary/aromatic N) is 2. The molecule has 0 radical (unpaired) electrons. The van der Waals surface area contributed by atoms with Crippen molar-refractivity contribution in [3.8, 4) is 17.1 Å². The van der Waals surface area contributed by atoms with Gasteiger partial charge in [0, 0.05) is 5.56 Å². The molecule has 2 N–H and O–H groups in total. The Bertz CT molecular complexity index is 734. The van der Waals surface area contributed by atoms with Gasteiger partial charge in [-0.25, -0.2) is 4.98 Å². The normalized spacial score (nSPS) is 10.8. The smallest absolute Gasteiger partial charge is 0.147 e. The van der Waals surface area contributed by atoms with E-state index >= 15 is 0 Å². The number of imidazole rings is 1. The summed E-state index contributed by atoms with van der Waals surface area (Å²) in [5, 5.41) is 0. The van der Waals surface area contributed by atoms with E-state index in [0.717, 1.165) is 27.3 Å². The van der Waals surface area contributed by atoms with Crippen LogP contribution < -0.4 is 10.5 Å². The molecule has 2 aromatic heterocycles. The first-order valence-electron chi connectivity index (χ1n) is 5.77. The highest BCUT2D eigenvalue weighted by Gasteiger charge is 2.12. The van der Waals surface area contributed by atoms with Crippen LogP contribution in [0.2, 0.25) is 0 Å². The summed E-state index contributed by atoms with van der Waals surface area (Å²) in [6.07, 6.45) is 0. The topological polar surface area (TPSA) is 52.5 Å². The zero-order valence-electron chi connectivity index (χ0n) is 10.3. The minimum absolute atomic E-state index is 0.654. The Morgan fingerprint density at radius 2 is 1.89 bits per heavy atom. The summed E-state index contributed by atoms with van der Waals surface area (Å²) in [7, 11) is 1.65. The van der Waals surface area contributed by atoms with E-state index in [1.165, 1.54) is 0 Å². The molecule has 3 aromatic rings. The van der Waals surface area contributed by atoms with E-state index in [-0.39, 0.29) is 0 Å². The SMILES string of the molecule is COc1ccc(-c2nc(Br)c3cccc(N)n23)cc1. The van der Waals surface area contributed by atoms with Crippen molar-refractivity contribution < 1.29 is 4.74 Å². The van der Waals surface area contributed by atoms with Gasteiger partial charge in [0.1, 0.15) is 22.0 Å². The molecule has 0 atom stereocenters. The molecule has 0 unspecified atom stereocenters. The maximum atomic E-state index is 6.04. The number of ether oxygens (including phenoxy) is 1. The van der Waals surface area contributed by atoms with Crippen LogP contribution in [0.1, 0.15) is 0 Å². The Morgan fingerprint density at radius 1 is 1.16 bits per heavy atom. The second-order valence-corrected chi connectivity index (χ2v) is 4.88. The largest absolute Gasteiger partial charge is 0.497 e. The Hall–Kier alpha value is -2.01. The summed E-state index contributed by atoms with van der Waals surface area (Å²) in [6, 6.07) is 13.5. The number of nitrogen functional groups attached to an aromatic ring is 1. The third kappa shape index (κ3) is 1.96. The highest BCUT2D eigenvalue weighted by Crippen LogP contribution is 2.29. The van der Waals surface area contributed by atoms with E-state index in [2.05, 4.69) is 20.9 Å². The quantitative estimate of drug-likeness (QED) is 0.788. The zero-order valence-corrected chi connectivity index (χ0v) is 11.9. The monoisotopic (exact) mass is 317 g/mol. The molecule has 0 bridgehead atoms. The number of hydrogen-bond acceptors (Lipinski definition) is 3. The highest BCUT2D eigenvalue weighted by atomic mass is 79.9. The highest BCUT2D eigenvalue weighted by molar-refractivity contribution is 9.10. The molecule has 5 heteroatoms. The predicted octanol–water partition coefficient (Wildman–Crippen LogP) is 3.35. The molecule has 96 valence electrons. The summed E-state index contributed by atoms with van der Waals surface area (Å²) < 4.78 is 7.87. The number of methoxy groups -OCH3 is 1. The van der Waals surface area contributed by atoms with Gasteiger partial charge in [0.05, 0.1) is 12.6 Å². The Labute approximate surface area is 119 Å². The van der Waals surface area contributed by atoms with E-state index in [1.807, 2.05) is 46.9 Å². The van der Waals surface area contributed by atoms with Crippen molar-refractivity contribution in [2.45, 2.75) is 0 Å². The van der Waals surface area contributed by atoms with E-state index in [0.29, 0.717) is 5.82 Å². The molecular weight excluding hydrogens is 306 g/mol.